The first kappa shape index (κ1) is 29.1. The first-order valence-electron chi connectivity index (χ1n) is 12.2. The normalized spacial score (nSPS) is 15.1. The summed E-state index contributed by atoms with van der Waals surface area (Å²) >= 11 is 12.2. The van der Waals surface area contributed by atoms with Crippen LogP contribution in [-0.2, 0) is 26.2 Å². The van der Waals surface area contributed by atoms with Gasteiger partial charge in [0, 0.05) is 12.6 Å². The molecule has 2 aromatic rings. The number of nitrogens with zero attached hydrogens (tertiary/aromatic N) is 2. The Morgan fingerprint density at radius 3 is 2.38 bits per heavy atom. The molecule has 11 heteroatoms. The molecule has 3 rings (SSSR count). The standard InChI is InChI=1S/C26H33Cl2N3O5S/c1-18(26(33)29-20-9-5-4-6-10-20)30(16-19-13-14-21(27)22(28)15-19)25(32)17-31(37(3,34)35)23-11-7-8-12-24(23)36-2/h7-8,11-15,18,20H,4-6,9-10,16-17H2,1-3H3,(H,29,33). The van der Waals surface area contributed by atoms with Crippen LogP contribution < -0.4 is 14.4 Å². The van der Waals surface area contributed by atoms with E-state index in [1.54, 1.807) is 49.4 Å². The molecule has 0 bridgehead atoms. The van der Waals surface area contributed by atoms with Gasteiger partial charge in [0.1, 0.15) is 18.3 Å². The summed E-state index contributed by atoms with van der Waals surface area (Å²) in [4.78, 5) is 28.3. The highest BCUT2D eigenvalue weighted by molar-refractivity contribution is 7.92. The van der Waals surface area contributed by atoms with Crippen LogP contribution in [0, 0.1) is 0 Å². The molecule has 1 N–H and O–H groups in total. The van der Waals surface area contributed by atoms with Gasteiger partial charge in [-0.15, -0.1) is 0 Å². The third kappa shape index (κ3) is 7.75. The van der Waals surface area contributed by atoms with Gasteiger partial charge in [-0.25, -0.2) is 8.42 Å². The minimum Gasteiger partial charge on any atom is -0.495 e. The predicted octanol–water partition coefficient (Wildman–Crippen LogP) is 4.63. The predicted molar refractivity (Wildman–Crippen MR) is 147 cm³/mol. The molecule has 2 amide bonds. The molecule has 2 aromatic carbocycles. The van der Waals surface area contributed by atoms with Crippen LogP contribution in [0.5, 0.6) is 5.75 Å². The molecule has 202 valence electrons. The lowest BCUT2D eigenvalue weighted by atomic mass is 9.95. The molecule has 0 heterocycles. The van der Waals surface area contributed by atoms with Crippen molar-refractivity contribution in [3.05, 3.63) is 58.1 Å². The third-order valence-corrected chi connectivity index (χ3v) is 8.35. The van der Waals surface area contributed by atoms with Crippen molar-refractivity contribution in [3.63, 3.8) is 0 Å². The van der Waals surface area contributed by atoms with Gasteiger partial charge in [-0.3, -0.25) is 13.9 Å². The fourth-order valence-electron chi connectivity index (χ4n) is 4.42. The van der Waals surface area contributed by atoms with Gasteiger partial charge in [-0.1, -0.05) is 60.7 Å². The molecule has 8 nitrogen and oxygen atoms in total. The molecule has 0 aromatic heterocycles. The van der Waals surface area contributed by atoms with E-state index in [0.717, 1.165) is 42.7 Å². The number of benzene rings is 2. The maximum Gasteiger partial charge on any atom is 0.244 e. The summed E-state index contributed by atoms with van der Waals surface area (Å²) in [6.45, 7) is 1.17. The SMILES string of the molecule is COc1ccccc1N(CC(=O)N(Cc1ccc(Cl)c(Cl)c1)C(C)C(=O)NC1CCCCC1)S(C)(=O)=O. The minimum atomic E-state index is -3.87. The lowest BCUT2D eigenvalue weighted by Crippen LogP contribution is -2.53. The van der Waals surface area contributed by atoms with Crippen molar-refractivity contribution in [2.24, 2.45) is 0 Å². The van der Waals surface area contributed by atoms with Crippen LogP contribution in [0.3, 0.4) is 0 Å². The quantitative estimate of drug-likeness (QED) is 0.449. The van der Waals surface area contributed by atoms with Gasteiger partial charge >= 0.3 is 0 Å². The van der Waals surface area contributed by atoms with E-state index in [9.17, 15) is 18.0 Å². The second-order valence-corrected chi connectivity index (χ2v) is 12.0. The first-order chi connectivity index (χ1) is 17.5. The fraction of sp³-hybridized carbons (Fsp3) is 0.462. The van der Waals surface area contributed by atoms with Gasteiger partial charge in [0.2, 0.25) is 21.8 Å². The average molecular weight is 571 g/mol. The van der Waals surface area contributed by atoms with Gasteiger partial charge in [-0.2, -0.15) is 0 Å². The molecule has 1 atom stereocenters. The van der Waals surface area contributed by atoms with Gasteiger partial charge in [0.15, 0.2) is 0 Å². The maximum absolute atomic E-state index is 13.7. The van der Waals surface area contributed by atoms with Crippen molar-refractivity contribution >= 4 is 50.7 Å². The Balaban J connectivity index is 1.91. The number of carbonyl (C=O) groups is 2. The molecule has 0 aliphatic heterocycles. The van der Waals surface area contributed by atoms with E-state index in [1.165, 1.54) is 12.0 Å². The van der Waals surface area contributed by atoms with E-state index in [1.807, 2.05) is 0 Å². The summed E-state index contributed by atoms with van der Waals surface area (Å²) < 4.78 is 31.8. The van der Waals surface area contributed by atoms with Crippen molar-refractivity contribution in [2.45, 2.75) is 57.7 Å². The Hall–Kier alpha value is -2.49. The van der Waals surface area contributed by atoms with Crippen molar-refractivity contribution < 1.29 is 22.7 Å². The number of methoxy groups -OCH3 is 1. The van der Waals surface area contributed by atoms with Crippen molar-refractivity contribution in [2.75, 3.05) is 24.2 Å². The number of para-hydroxylation sites is 2. The number of hydrogen-bond acceptors (Lipinski definition) is 5. The van der Waals surface area contributed by atoms with Gasteiger partial charge < -0.3 is 15.0 Å². The Kier molecular flexibility index (Phi) is 10.1. The highest BCUT2D eigenvalue weighted by atomic mass is 35.5. The third-order valence-electron chi connectivity index (χ3n) is 6.49. The lowest BCUT2D eigenvalue weighted by Gasteiger charge is -2.33. The summed E-state index contributed by atoms with van der Waals surface area (Å²) in [5.41, 5.74) is 0.887. The Morgan fingerprint density at radius 1 is 1.08 bits per heavy atom. The number of rotatable bonds is 10. The molecular weight excluding hydrogens is 537 g/mol. The van der Waals surface area contributed by atoms with E-state index in [0.29, 0.717) is 21.4 Å². The zero-order chi connectivity index (χ0) is 27.2. The molecule has 0 saturated heterocycles. The van der Waals surface area contributed by atoms with Gasteiger partial charge in [0.25, 0.3) is 0 Å². The van der Waals surface area contributed by atoms with Crippen LogP contribution in [0.15, 0.2) is 42.5 Å². The Bertz CT molecular complexity index is 1220. The Labute approximate surface area is 228 Å². The van der Waals surface area contributed by atoms with E-state index >= 15 is 0 Å². The first-order valence-corrected chi connectivity index (χ1v) is 14.8. The second kappa shape index (κ2) is 12.8. The molecule has 1 saturated carbocycles. The van der Waals surface area contributed by atoms with Crippen LogP contribution in [-0.4, -0.2) is 57.1 Å². The van der Waals surface area contributed by atoms with Crippen LogP contribution in [0.25, 0.3) is 0 Å². The molecule has 1 aliphatic carbocycles. The summed E-state index contributed by atoms with van der Waals surface area (Å²) in [5, 5.41) is 3.75. The topological polar surface area (TPSA) is 96.0 Å². The van der Waals surface area contributed by atoms with Gasteiger partial charge in [0.05, 0.1) is 29.1 Å². The molecule has 1 aliphatic rings. The number of anilines is 1. The summed E-state index contributed by atoms with van der Waals surface area (Å²) in [6.07, 6.45) is 6.06. The van der Waals surface area contributed by atoms with Crippen molar-refractivity contribution in [3.8, 4) is 5.75 Å². The number of carbonyl (C=O) groups excluding carboxylic acids is 2. The van der Waals surface area contributed by atoms with E-state index in [-0.39, 0.29) is 24.2 Å². The molecule has 0 radical (unpaired) electrons. The number of hydrogen-bond donors (Lipinski definition) is 1. The summed E-state index contributed by atoms with van der Waals surface area (Å²) in [5.74, 6) is -0.531. The van der Waals surface area contributed by atoms with Crippen molar-refractivity contribution in [1.29, 1.82) is 0 Å². The number of sulfonamides is 1. The number of halogens is 2. The monoisotopic (exact) mass is 569 g/mol. The van der Waals surface area contributed by atoms with E-state index in [4.69, 9.17) is 27.9 Å². The van der Waals surface area contributed by atoms with Crippen LogP contribution in [0.4, 0.5) is 5.69 Å². The van der Waals surface area contributed by atoms with Crippen molar-refractivity contribution in [1.82, 2.24) is 10.2 Å². The van der Waals surface area contributed by atoms with E-state index in [2.05, 4.69) is 5.32 Å². The fourth-order valence-corrected chi connectivity index (χ4v) is 5.59. The zero-order valence-corrected chi connectivity index (χ0v) is 23.6. The average Bonchev–Trinajstić information content (AvgIpc) is 2.87. The van der Waals surface area contributed by atoms with Crippen LogP contribution in [0.1, 0.15) is 44.6 Å². The second-order valence-electron chi connectivity index (χ2n) is 9.23. The summed E-state index contributed by atoms with van der Waals surface area (Å²) in [6, 6.07) is 10.7. The minimum absolute atomic E-state index is 0.0402. The number of ether oxygens (including phenoxy) is 1. The largest absolute Gasteiger partial charge is 0.495 e. The molecule has 1 fully saturated rings. The number of amides is 2. The highest BCUT2D eigenvalue weighted by Gasteiger charge is 2.32. The summed E-state index contributed by atoms with van der Waals surface area (Å²) in [7, 11) is -2.44. The smallest absolute Gasteiger partial charge is 0.244 e. The van der Waals surface area contributed by atoms with E-state index < -0.39 is 28.5 Å². The van der Waals surface area contributed by atoms with Gasteiger partial charge in [-0.05, 0) is 49.6 Å². The van der Waals surface area contributed by atoms with Crippen LogP contribution in [0.2, 0.25) is 10.0 Å². The molecule has 1 unspecified atom stereocenters. The lowest BCUT2D eigenvalue weighted by molar-refractivity contribution is -0.139. The highest BCUT2D eigenvalue weighted by Crippen LogP contribution is 2.30. The van der Waals surface area contributed by atoms with Crippen LogP contribution >= 0.6 is 23.2 Å². The zero-order valence-electron chi connectivity index (χ0n) is 21.2. The Morgan fingerprint density at radius 2 is 1.76 bits per heavy atom. The molecule has 0 spiro atoms. The molecular formula is C26H33Cl2N3O5S. The molecule has 37 heavy (non-hydrogen) atoms. The number of nitrogens with one attached hydrogen (secondary N) is 1. The maximum atomic E-state index is 13.7.